The van der Waals surface area contributed by atoms with Gasteiger partial charge in [0.25, 0.3) is 0 Å². The number of hydrogen-bond acceptors (Lipinski definition) is 4. The normalized spacial score (nSPS) is 21.4. The fourth-order valence-electron chi connectivity index (χ4n) is 2.47. The third-order valence-corrected chi connectivity index (χ3v) is 3.44. The second-order valence-electron chi connectivity index (χ2n) is 4.80. The van der Waals surface area contributed by atoms with Crippen molar-refractivity contribution in [1.29, 1.82) is 5.26 Å². The van der Waals surface area contributed by atoms with Crippen LogP contribution in [0.1, 0.15) is 12.0 Å². The van der Waals surface area contributed by atoms with E-state index in [1.54, 1.807) is 0 Å². The first-order valence-electron chi connectivity index (χ1n) is 6.31. The highest BCUT2D eigenvalue weighted by atomic mass is 16.3. The first kappa shape index (κ1) is 12.9. The minimum absolute atomic E-state index is 0.130. The summed E-state index contributed by atoms with van der Waals surface area (Å²) in [5, 5.41) is 18.4. The molecule has 0 aliphatic carbocycles. The van der Waals surface area contributed by atoms with Crippen LogP contribution in [0, 0.1) is 11.3 Å². The predicted molar refractivity (Wildman–Crippen MR) is 71.5 cm³/mol. The topological polar surface area (TPSA) is 50.5 Å². The van der Waals surface area contributed by atoms with Gasteiger partial charge in [0.1, 0.15) is 0 Å². The van der Waals surface area contributed by atoms with E-state index in [0.717, 1.165) is 31.7 Å². The molecule has 0 aromatic heterocycles. The summed E-state index contributed by atoms with van der Waals surface area (Å²) in [4.78, 5) is 4.50. The van der Waals surface area contributed by atoms with Crippen LogP contribution in [0.15, 0.2) is 24.3 Å². The molecule has 1 aromatic carbocycles. The average molecular weight is 245 g/mol. The number of likely N-dealkylation sites (N-methyl/N-ethyl adjacent to an activating group) is 1. The Labute approximate surface area is 108 Å². The zero-order valence-corrected chi connectivity index (χ0v) is 10.7. The summed E-state index contributed by atoms with van der Waals surface area (Å²) in [6, 6.07) is 9.85. The second kappa shape index (κ2) is 5.85. The largest absolute Gasteiger partial charge is 0.394 e. The lowest BCUT2D eigenvalue weighted by Gasteiger charge is -2.31. The van der Waals surface area contributed by atoms with E-state index < -0.39 is 0 Å². The van der Waals surface area contributed by atoms with Crippen LogP contribution in [-0.4, -0.2) is 49.3 Å². The molecule has 1 fully saturated rings. The lowest BCUT2D eigenvalue weighted by molar-refractivity contribution is 0.229. The number of nitrogens with zero attached hydrogens (tertiary/aromatic N) is 3. The molecular weight excluding hydrogens is 226 g/mol. The Kier molecular flexibility index (Phi) is 4.19. The number of nitriles is 1. The molecule has 1 aromatic rings. The number of aliphatic hydroxyl groups excluding tert-OH is 1. The molecule has 1 N–H and O–H groups in total. The van der Waals surface area contributed by atoms with E-state index in [0.29, 0.717) is 5.56 Å². The molecule has 2 rings (SSSR count). The van der Waals surface area contributed by atoms with Crippen LogP contribution in [0.2, 0.25) is 0 Å². The van der Waals surface area contributed by atoms with Crippen LogP contribution in [0.3, 0.4) is 0 Å². The van der Waals surface area contributed by atoms with E-state index in [2.05, 4.69) is 22.9 Å². The molecule has 4 heteroatoms. The van der Waals surface area contributed by atoms with Crippen LogP contribution in [0.4, 0.5) is 5.69 Å². The Morgan fingerprint density at radius 3 is 2.67 bits per heavy atom. The highest BCUT2D eigenvalue weighted by Gasteiger charge is 2.22. The van der Waals surface area contributed by atoms with Gasteiger partial charge in [-0.15, -0.1) is 0 Å². The minimum atomic E-state index is 0.130. The second-order valence-corrected chi connectivity index (χ2v) is 4.80. The van der Waals surface area contributed by atoms with Gasteiger partial charge in [-0.25, -0.2) is 0 Å². The maximum Gasteiger partial charge on any atom is 0.0991 e. The van der Waals surface area contributed by atoms with Crippen LogP contribution < -0.4 is 4.90 Å². The quantitative estimate of drug-likeness (QED) is 0.846. The van der Waals surface area contributed by atoms with Crippen molar-refractivity contribution in [2.75, 3.05) is 38.2 Å². The zero-order valence-electron chi connectivity index (χ0n) is 10.7. The lowest BCUT2D eigenvalue weighted by atomic mass is 10.1. The highest BCUT2D eigenvalue weighted by molar-refractivity contribution is 5.50. The molecule has 1 saturated heterocycles. The molecule has 4 nitrogen and oxygen atoms in total. The van der Waals surface area contributed by atoms with Crippen molar-refractivity contribution in [1.82, 2.24) is 4.90 Å². The smallest absolute Gasteiger partial charge is 0.0991 e. The molecule has 96 valence electrons. The van der Waals surface area contributed by atoms with E-state index in [-0.39, 0.29) is 12.6 Å². The minimum Gasteiger partial charge on any atom is -0.394 e. The SMILES string of the molecule is CN1CCCN(c2ccc(C#N)cc2)C(CO)C1. The van der Waals surface area contributed by atoms with Crippen LogP contribution >= 0.6 is 0 Å². The number of anilines is 1. The number of hydrogen-bond donors (Lipinski definition) is 1. The highest BCUT2D eigenvalue weighted by Crippen LogP contribution is 2.20. The Morgan fingerprint density at radius 2 is 2.06 bits per heavy atom. The van der Waals surface area contributed by atoms with Crippen molar-refractivity contribution in [3.63, 3.8) is 0 Å². The number of aliphatic hydroxyl groups is 1. The average Bonchev–Trinajstić information content (AvgIpc) is 2.60. The third kappa shape index (κ3) is 2.81. The molecule has 1 aliphatic rings. The number of benzene rings is 1. The summed E-state index contributed by atoms with van der Waals surface area (Å²) in [5.74, 6) is 0. The van der Waals surface area contributed by atoms with Crippen LogP contribution in [-0.2, 0) is 0 Å². The van der Waals surface area contributed by atoms with Crippen molar-refractivity contribution >= 4 is 5.69 Å². The van der Waals surface area contributed by atoms with Crippen molar-refractivity contribution in [3.8, 4) is 6.07 Å². The Balaban J connectivity index is 2.20. The van der Waals surface area contributed by atoms with Gasteiger partial charge in [0.05, 0.1) is 24.3 Å². The fraction of sp³-hybridized carbons (Fsp3) is 0.500. The summed E-state index contributed by atoms with van der Waals surface area (Å²) in [5.41, 5.74) is 1.76. The molecular formula is C14H19N3O. The van der Waals surface area contributed by atoms with Gasteiger partial charge in [-0.3, -0.25) is 0 Å². The van der Waals surface area contributed by atoms with E-state index in [9.17, 15) is 5.11 Å². The lowest BCUT2D eigenvalue weighted by Crippen LogP contribution is -2.42. The molecule has 0 bridgehead atoms. The van der Waals surface area contributed by atoms with E-state index in [4.69, 9.17) is 5.26 Å². The molecule has 1 heterocycles. The van der Waals surface area contributed by atoms with Gasteiger partial charge in [0, 0.05) is 18.8 Å². The van der Waals surface area contributed by atoms with E-state index in [1.165, 1.54) is 0 Å². The summed E-state index contributed by atoms with van der Waals surface area (Å²) in [6.45, 7) is 3.03. The Morgan fingerprint density at radius 1 is 1.33 bits per heavy atom. The molecule has 1 aliphatic heterocycles. The van der Waals surface area contributed by atoms with E-state index >= 15 is 0 Å². The maximum atomic E-state index is 9.55. The molecule has 0 spiro atoms. The third-order valence-electron chi connectivity index (χ3n) is 3.44. The molecule has 1 atom stereocenters. The number of rotatable bonds is 2. The molecule has 0 saturated carbocycles. The van der Waals surface area contributed by atoms with Gasteiger partial charge in [0.15, 0.2) is 0 Å². The van der Waals surface area contributed by atoms with E-state index in [1.807, 2.05) is 24.3 Å². The zero-order chi connectivity index (χ0) is 13.0. The summed E-state index contributed by atoms with van der Waals surface area (Å²) in [7, 11) is 2.09. The van der Waals surface area contributed by atoms with Crippen molar-refractivity contribution < 1.29 is 5.11 Å². The standard InChI is InChI=1S/C14H19N3O/c1-16-7-2-8-17(14(10-16)11-18)13-5-3-12(9-15)4-6-13/h3-6,14,18H,2,7-8,10-11H2,1H3. The first-order chi connectivity index (χ1) is 8.74. The predicted octanol–water partition coefficient (Wildman–Crippen LogP) is 1.06. The van der Waals surface area contributed by atoms with Gasteiger partial charge in [-0.1, -0.05) is 0 Å². The van der Waals surface area contributed by atoms with Crippen molar-refractivity contribution in [2.45, 2.75) is 12.5 Å². The Bertz CT molecular complexity index is 424. The summed E-state index contributed by atoms with van der Waals surface area (Å²) >= 11 is 0. The van der Waals surface area contributed by atoms with Crippen molar-refractivity contribution in [3.05, 3.63) is 29.8 Å². The van der Waals surface area contributed by atoms with Crippen molar-refractivity contribution in [2.24, 2.45) is 0 Å². The molecule has 0 amide bonds. The summed E-state index contributed by atoms with van der Waals surface area (Å²) < 4.78 is 0. The maximum absolute atomic E-state index is 9.55. The Hall–Kier alpha value is -1.57. The van der Waals surface area contributed by atoms with Gasteiger partial charge < -0.3 is 14.9 Å². The van der Waals surface area contributed by atoms with Gasteiger partial charge in [-0.05, 0) is 44.3 Å². The van der Waals surface area contributed by atoms with Crippen LogP contribution in [0.25, 0.3) is 0 Å². The van der Waals surface area contributed by atoms with Gasteiger partial charge >= 0.3 is 0 Å². The first-order valence-corrected chi connectivity index (χ1v) is 6.31. The fourth-order valence-corrected chi connectivity index (χ4v) is 2.47. The van der Waals surface area contributed by atoms with Gasteiger partial charge in [0.2, 0.25) is 0 Å². The summed E-state index contributed by atoms with van der Waals surface area (Å²) in [6.07, 6.45) is 1.09. The molecule has 0 radical (unpaired) electrons. The molecule has 1 unspecified atom stereocenters. The van der Waals surface area contributed by atoms with Crippen LogP contribution in [0.5, 0.6) is 0 Å². The molecule has 18 heavy (non-hydrogen) atoms. The monoisotopic (exact) mass is 245 g/mol. The van der Waals surface area contributed by atoms with Gasteiger partial charge in [-0.2, -0.15) is 5.26 Å².